The number of amides is 2. The van der Waals surface area contributed by atoms with Gasteiger partial charge in [-0.05, 0) is 45.8 Å². The fourth-order valence-electron chi connectivity index (χ4n) is 1.56. The molecule has 2 aromatic rings. The van der Waals surface area contributed by atoms with Gasteiger partial charge in [0.2, 0.25) is 0 Å². The molecule has 3 nitrogen and oxygen atoms in total. The molecule has 0 unspecified atom stereocenters. The Kier molecular flexibility index (Phi) is 4.99. The zero-order valence-corrected chi connectivity index (χ0v) is 13.2. The average molecular weight is 384 g/mol. The molecule has 0 heterocycles. The highest BCUT2D eigenvalue weighted by atomic mass is 79.9. The van der Waals surface area contributed by atoms with Gasteiger partial charge in [0.25, 0.3) is 0 Å². The molecule has 5 heteroatoms. The summed E-state index contributed by atoms with van der Waals surface area (Å²) in [7, 11) is 0. The van der Waals surface area contributed by atoms with E-state index in [2.05, 4.69) is 42.5 Å². The van der Waals surface area contributed by atoms with Crippen molar-refractivity contribution in [3.63, 3.8) is 0 Å². The van der Waals surface area contributed by atoms with Crippen LogP contribution in [0, 0.1) is 0 Å². The van der Waals surface area contributed by atoms with Crippen LogP contribution >= 0.6 is 31.9 Å². The summed E-state index contributed by atoms with van der Waals surface area (Å²) >= 11 is 6.78. The Balaban J connectivity index is 1.90. The van der Waals surface area contributed by atoms with Crippen molar-refractivity contribution >= 4 is 43.6 Å². The molecular weight excluding hydrogens is 372 g/mol. The quantitative estimate of drug-likeness (QED) is 0.802. The third-order valence-corrected chi connectivity index (χ3v) is 3.65. The number of anilines is 1. The molecule has 0 fully saturated rings. The number of para-hydroxylation sites is 1. The maximum atomic E-state index is 11.8. The summed E-state index contributed by atoms with van der Waals surface area (Å²) in [5.41, 5.74) is 1.78. The van der Waals surface area contributed by atoms with E-state index >= 15 is 0 Å². The van der Waals surface area contributed by atoms with Gasteiger partial charge < -0.3 is 10.6 Å². The summed E-state index contributed by atoms with van der Waals surface area (Å²) < 4.78 is 1.85. The van der Waals surface area contributed by atoms with Crippen molar-refractivity contribution in [2.75, 3.05) is 5.32 Å². The van der Waals surface area contributed by atoms with E-state index in [0.29, 0.717) is 6.54 Å². The van der Waals surface area contributed by atoms with Crippen molar-refractivity contribution in [2.24, 2.45) is 0 Å². The van der Waals surface area contributed by atoms with Gasteiger partial charge in [0, 0.05) is 15.5 Å². The number of urea groups is 1. The summed E-state index contributed by atoms with van der Waals surface area (Å²) in [6.07, 6.45) is 0. The highest BCUT2D eigenvalue weighted by Gasteiger charge is 2.04. The third-order valence-electron chi connectivity index (χ3n) is 2.46. The molecule has 0 radical (unpaired) electrons. The summed E-state index contributed by atoms with van der Waals surface area (Å²) in [5, 5.41) is 5.60. The molecule has 0 bridgehead atoms. The maximum absolute atomic E-state index is 11.8. The van der Waals surface area contributed by atoms with Crippen LogP contribution in [0.2, 0.25) is 0 Å². The van der Waals surface area contributed by atoms with Crippen LogP contribution in [0.1, 0.15) is 5.56 Å². The second kappa shape index (κ2) is 6.73. The Bertz CT molecular complexity index is 587. The van der Waals surface area contributed by atoms with Gasteiger partial charge in [-0.25, -0.2) is 4.79 Å². The first kappa shape index (κ1) is 14.1. The van der Waals surface area contributed by atoms with E-state index in [1.165, 1.54) is 0 Å². The summed E-state index contributed by atoms with van der Waals surface area (Å²) in [5.74, 6) is 0. The Hall–Kier alpha value is -1.33. The predicted molar refractivity (Wildman–Crippen MR) is 84.1 cm³/mol. The van der Waals surface area contributed by atoms with E-state index < -0.39 is 0 Å². The third kappa shape index (κ3) is 4.36. The van der Waals surface area contributed by atoms with E-state index in [9.17, 15) is 4.79 Å². The van der Waals surface area contributed by atoms with E-state index in [0.717, 1.165) is 20.2 Å². The van der Waals surface area contributed by atoms with Gasteiger partial charge in [-0.15, -0.1) is 0 Å². The van der Waals surface area contributed by atoms with Crippen molar-refractivity contribution in [2.45, 2.75) is 6.54 Å². The van der Waals surface area contributed by atoms with E-state index in [1.807, 2.05) is 48.5 Å². The molecular formula is C14H12Br2N2O. The number of carbonyl (C=O) groups is 1. The van der Waals surface area contributed by atoms with Crippen molar-refractivity contribution < 1.29 is 4.79 Å². The molecule has 0 aromatic heterocycles. The highest BCUT2D eigenvalue weighted by Crippen LogP contribution is 2.20. The second-order valence-corrected chi connectivity index (χ2v) is 5.69. The van der Waals surface area contributed by atoms with Crippen LogP contribution in [0.3, 0.4) is 0 Å². The average Bonchev–Trinajstić information content (AvgIpc) is 2.39. The zero-order valence-electron chi connectivity index (χ0n) is 9.99. The number of nitrogens with one attached hydrogen (secondary N) is 2. The normalized spacial score (nSPS) is 10.0. The molecule has 0 aliphatic rings. The minimum Gasteiger partial charge on any atom is -0.334 e. The van der Waals surface area contributed by atoms with Crippen LogP contribution in [-0.2, 0) is 6.54 Å². The lowest BCUT2D eigenvalue weighted by molar-refractivity contribution is 0.251. The van der Waals surface area contributed by atoms with Crippen LogP contribution in [0.4, 0.5) is 10.5 Å². The van der Waals surface area contributed by atoms with Gasteiger partial charge in [-0.2, -0.15) is 0 Å². The van der Waals surface area contributed by atoms with E-state index in [4.69, 9.17) is 0 Å². The Morgan fingerprint density at radius 3 is 2.58 bits per heavy atom. The first-order chi connectivity index (χ1) is 9.15. The molecule has 2 amide bonds. The summed E-state index contributed by atoms with van der Waals surface area (Å²) in [4.78, 5) is 11.8. The van der Waals surface area contributed by atoms with Gasteiger partial charge in [-0.3, -0.25) is 0 Å². The number of benzene rings is 2. The topological polar surface area (TPSA) is 41.1 Å². The molecule has 0 aliphatic heterocycles. The molecule has 0 aliphatic carbocycles. The zero-order chi connectivity index (χ0) is 13.7. The molecule has 0 spiro atoms. The van der Waals surface area contributed by atoms with Gasteiger partial charge >= 0.3 is 6.03 Å². The molecule has 0 atom stereocenters. The maximum Gasteiger partial charge on any atom is 0.319 e. The van der Waals surface area contributed by atoms with Crippen molar-refractivity contribution in [1.29, 1.82) is 0 Å². The number of halogens is 2. The molecule has 2 N–H and O–H groups in total. The number of hydrogen-bond donors (Lipinski definition) is 2. The lowest BCUT2D eigenvalue weighted by atomic mass is 10.2. The molecule has 98 valence electrons. The largest absolute Gasteiger partial charge is 0.334 e. The smallest absolute Gasteiger partial charge is 0.319 e. The second-order valence-electron chi connectivity index (χ2n) is 3.92. The minimum absolute atomic E-state index is 0.230. The molecule has 0 saturated heterocycles. The first-order valence-electron chi connectivity index (χ1n) is 5.69. The fraction of sp³-hybridized carbons (Fsp3) is 0.0714. The van der Waals surface area contributed by atoms with Crippen molar-refractivity contribution in [1.82, 2.24) is 5.32 Å². The lowest BCUT2D eigenvalue weighted by Crippen LogP contribution is -2.28. The number of hydrogen-bond acceptors (Lipinski definition) is 1. The first-order valence-corrected chi connectivity index (χ1v) is 7.27. The predicted octanol–water partition coefficient (Wildman–Crippen LogP) is 4.53. The Morgan fingerprint density at radius 1 is 1.05 bits per heavy atom. The molecule has 2 aromatic carbocycles. The Labute approximate surface area is 128 Å². The van der Waals surface area contributed by atoms with Gasteiger partial charge in [0.05, 0.1) is 5.69 Å². The van der Waals surface area contributed by atoms with E-state index in [-0.39, 0.29) is 6.03 Å². The van der Waals surface area contributed by atoms with Crippen molar-refractivity contribution in [3.05, 3.63) is 63.0 Å². The van der Waals surface area contributed by atoms with Gasteiger partial charge in [0.15, 0.2) is 0 Å². The monoisotopic (exact) mass is 382 g/mol. The molecule has 19 heavy (non-hydrogen) atoms. The highest BCUT2D eigenvalue weighted by molar-refractivity contribution is 9.10. The van der Waals surface area contributed by atoms with Crippen LogP contribution in [0.25, 0.3) is 0 Å². The number of carbonyl (C=O) groups excluding carboxylic acids is 1. The van der Waals surface area contributed by atoms with Gasteiger partial charge in [0.1, 0.15) is 0 Å². The molecule has 0 saturated carbocycles. The van der Waals surface area contributed by atoms with Crippen molar-refractivity contribution in [3.8, 4) is 0 Å². The lowest BCUT2D eigenvalue weighted by Gasteiger charge is -2.09. The Morgan fingerprint density at radius 2 is 1.84 bits per heavy atom. The summed E-state index contributed by atoms with van der Waals surface area (Å²) in [6.45, 7) is 0.482. The summed E-state index contributed by atoms with van der Waals surface area (Å²) in [6, 6.07) is 15.1. The minimum atomic E-state index is -0.230. The standard InChI is InChI=1S/C14H12Br2N2O/c15-11-5-3-4-10(8-11)9-17-14(19)18-13-7-2-1-6-12(13)16/h1-8H,9H2,(H2,17,18,19). The van der Waals surface area contributed by atoms with Crippen LogP contribution < -0.4 is 10.6 Å². The van der Waals surface area contributed by atoms with E-state index in [1.54, 1.807) is 0 Å². The fourth-order valence-corrected chi connectivity index (χ4v) is 2.39. The van der Waals surface area contributed by atoms with Crippen LogP contribution in [0.15, 0.2) is 57.5 Å². The molecule has 2 rings (SSSR count). The number of rotatable bonds is 3. The van der Waals surface area contributed by atoms with Crippen LogP contribution in [0.5, 0.6) is 0 Å². The SMILES string of the molecule is O=C(NCc1cccc(Br)c1)Nc1ccccc1Br. The van der Waals surface area contributed by atoms with Crippen LogP contribution in [-0.4, -0.2) is 6.03 Å². The van der Waals surface area contributed by atoms with Gasteiger partial charge in [-0.1, -0.05) is 40.2 Å².